The minimum absolute atomic E-state index is 0.0817. The molecule has 3 aromatic heterocycles. The summed E-state index contributed by atoms with van der Waals surface area (Å²) in [4.78, 5) is 33.2. The first-order chi connectivity index (χ1) is 13.1. The van der Waals surface area contributed by atoms with Gasteiger partial charge in [0, 0.05) is 4.88 Å². The molecule has 1 aliphatic rings. The molecule has 1 aliphatic carbocycles. The Kier molecular flexibility index (Phi) is 5.50. The van der Waals surface area contributed by atoms with Gasteiger partial charge in [0.1, 0.15) is 10.6 Å². The fraction of sp³-hybridized carbons (Fsp3) is 0.438. The Morgan fingerprint density at radius 2 is 2.15 bits per heavy atom. The molecular weight excluding hydrogens is 408 g/mol. The molecule has 0 spiro atoms. The van der Waals surface area contributed by atoms with Crippen LogP contribution in [0.2, 0.25) is 0 Å². The normalized spacial score (nSPS) is 13.7. The van der Waals surface area contributed by atoms with E-state index in [4.69, 9.17) is 4.42 Å². The second kappa shape index (κ2) is 8.03. The highest BCUT2D eigenvalue weighted by Crippen LogP contribution is 2.34. The first-order valence-electron chi connectivity index (χ1n) is 8.33. The lowest BCUT2D eigenvalue weighted by atomic mass is 9.97. The molecule has 11 heteroatoms. The van der Waals surface area contributed by atoms with Gasteiger partial charge in [0.05, 0.1) is 18.2 Å². The number of ether oxygens (including phenoxy) is 1. The van der Waals surface area contributed by atoms with Crippen molar-refractivity contribution < 1.29 is 13.9 Å². The highest BCUT2D eigenvalue weighted by atomic mass is 32.2. The van der Waals surface area contributed by atoms with E-state index in [1.165, 1.54) is 35.7 Å². The number of nitrogens with zero attached hydrogens (tertiary/aromatic N) is 3. The minimum Gasteiger partial charge on any atom is -0.468 e. The van der Waals surface area contributed by atoms with Crippen molar-refractivity contribution in [2.24, 2.45) is 0 Å². The van der Waals surface area contributed by atoms with Crippen LogP contribution in [0, 0.1) is 0 Å². The van der Waals surface area contributed by atoms with Crippen LogP contribution in [0.15, 0.2) is 19.6 Å². The number of aromatic nitrogens is 4. The molecule has 4 rings (SSSR count). The van der Waals surface area contributed by atoms with E-state index in [0.717, 1.165) is 41.2 Å². The summed E-state index contributed by atoms with van der Waals surface area (Å²) in [6, 6.07) is 0. The average Bonchev–Trinajstić information content (AvgIpc) is 3.28. The number of carbonyl (C=O) groups excluding carboxylic acids is 1. The van der Waals surface area contributed by atoms with Crippen molar-refractivity contribution in [2.75, 3.05) is 12.9 Å². The number of hydrogen-bond acceptors (Lipinski definition) is 10. The first-order valence-corrected chi connectivity index (χ1v) is 11.1. The summed E-state index contributed by atoms with van der Waals surface area (Å²) in [5.41, 5.74) is 1.09. The third kappa shape index (κ3) is 4.04. The average molecular weight is 425 g/mol. The summed E-state index contributed by atoms with van der Waals surface area (Å²) in [6.07, 6.45) is 4.29. The largest absolute Gasteiger partial charge is 0.468 e. The molecule has 3 aromatic rings. The fourth-order valence-corrected chi connectivity index (χ4v) is 5.51. The molecule has 0 atom stereocenters. The number of methoxy groups -OCH3 is 1. The van der Waals surface area contributed by atoms with E-state index in [1.807, 2.05) is 0 Å². The molecule has 0 radical (unpaired) electrons. The van der Waals surface area contributed by atoms with Gasteiger partial charge in [0.2, 0.25) is 5.89 Å². The Balaban J connectivity index is 1.46. The Morgan fingerprint density at radius 3 is 3.00 bits per heavy atom. The predicted octanol–water partition coefficient (Wildman–Crippen LogP) is 2.80. The zero-order valence-electron chi connectivity index (χ0n) is 14.4. The highest BCUT2D eigenvalue weighted by molar-refractivity contribution is 7.99. The van der Waals surface area contributed by atoms with Gasteiger partial charge in [0.25, 0.3) is 10.8 Å². The molecular formula is C16H16N4O4S3. The van der Waals surface area contributed by atoms with Crippen LogP contribution in [0.5, 0.6) is 0 Å². The molecule has 142 valence electrons. The second-order valence-corrected chi connectivity index (χ2v) is 8.85. The van der Waals surface area contributed by atoms with E-state index in [1.54, 1.807) is 11.3 Å². The molecule has 0 saturated carbocycles. The molecule has 1 N–H and O–H groups in total. The molecule has 3 heterocycles. The maximum atomic E-state index is 12.5. The van der Waals surface area contributed by atoms with E-state index in [9.17, 15) is 9.59 Å². The molecule has 0 aromatic carbocycles. The Labute approximate surface area is 166 Å². The van der Waals surface area contributed by atoms with Crippen molar-refractivity contribution in [2.45, 2.75) is 41.8 Å². The highest BCUT2D eigenvalue weighted by Gasteiger charge is 2.20. The Bertz CT molecular complexity index is 1040. The third-order valence-corrected chi connectivity index (χ3v) is 6.96. The number of thioether (sulfide) groups is 2. The zero-order chi connectivity index (χ0) is 18.8. The van der Waals surface area contributed by atoms with Gasteiger partial charge in [-0.3, -0.25) is 9.59 Å². The number of rotatable bonds is 6. The molecule has 0 fully saturated rings. The van der Waals surface area contributed by atoms with Crippen LogP contribution in [0.25, 0.3) is 10.2 Å². The van der Waals surface area contributed by atoms with E-state index in [-0.39, 0.29) is 17.3 Å². The smallest absolute Gasteiger partial charge is 0.316 e. The first kappa shape index (κ1) is 18.5. The van der Waals surface area contributed by atoms with Crippen molar-refractivity contribution >= 4 is 51.0 Å². The number of H-pyrrole nitrogens is 1. The molecule has 0 unspecified atom stereocenters. The fourth-order valence-electron chi connectivity index (χ4n) is 2.88. The molecule has 0 saturated heterocycles. The predicted molar refractivity (Wildman–Crippen MR) is 103 cm³/mol. The summed E-state index contributed by atoms with van der Waals surface area (Å²) in [6.45, 7) is 0. The summed E-state index contributed by atoms with van der Waals surface area (Å²) in [5.74, 6) is 0.536. The molecule has 27 heavy (non-hydrogen) atoms. The van der Waals surface area contributed by atoms with E-state index in [2.05, 4.69) is 24.9 Å². The monoisotopic (exact) mass is 424 g/mol. The van der Waals surface area contributed by atoms with Crippen LogP contribution < -0.4 is 5.56 Å². The number of esters is 1. The number of nitrogens with one attached hydrogen (secondary N) is 1. The van der Waals surface area contributed by atoms with Crippen LogP contribution >= 0.6 is 34.9 Å². The summed E-state index contributed by atoms with van der Waals surface area (Å²) < 4.78 is 10.0. The molecule has 0 aliphatic heterocycles. The van der Waals surface area contributed by atoms with Crippen molar-refractivity contribution in [3.63, 3.8) is 0 Å². The lowest BCUT2D eigenvalue weighted by Gasteiger charge is -2.09. The number of carbonyl (C=O) groups is 1. The maximum absolute atomic E-state index is 12.5. The standard InChI is InChI=1S/C16H16N4O4S3/c1-23-11(21)7-26-16-20-19-10(24-16)6-25-15-17-13(22)12-8-4-2-3-5-9(8)27-14(12)18-15/h2-7H2,1H3,(H,17,18,22). The number of thiophene rings is 1. The maximum Gasteiger partial charge on any atom is 0.316 e. The van der Waals surface area contributed by atoms with Crippen LogP contribution in [0.3, 0.4) is 0 Å². The number of aromatic amines is 1. The van der Waals surface area contributed by atoms with Crippen LogP contribution in [-0.4, -0.2) is 39.0 Å². The quantitative estimate of drug-likeness (QED) is 0.363. The van der Waals surface area contributed by atoms with Gasteiger partial charge in [-0.05, 0) is 31.2 Å². The molecule has 8 nitrogen and oxygen atoms in total. The second-order valence-electron chi connectivity index (χ2n) is 5.88. The lowest BCUT2D eigenvalue weighted by Crippen LogP contribution is -2.10. The zero-order valence-corrected chi connectivity index (χ0v) is 16.9. The van der Waals surface area contributed by atoms with Crippen molar-refractivity contribution in [1.82, 2.24) is 20.2 Å². The van der Waals surface area contributed by atoms with Crippen molar-refractivity contribution in [1.29, 1.82) is 0 Å². The minimum atomic E-state index is -0.358. The molecule has 0 amide bonds. The number of aryl methyl sites for hydroxylation is 2. The third-order valence-electron chi connectivity index (χ3n) is 4.13. The van der Waals surface area contributed by atoms with Gasteiger partial charge in [0.15, 0.2) is 5.16 Å². The van der Waals surface area contributed by atoms with Gasteiger partial charge in [-0.2, -0.15) is 0 Å². The van der Waals surface area contributed by atoms with E-state index >= 15 is 0 Å². The van der Waals surface area contributed by atoms with Crippen LogP contribution in [0.1, 0.15) is 29.2 Å². The van der Waals surface area contributed by atoms with Crippen LogP contribution in [-0.2, 0) is 28.1 Å². The summed E-state index contributed by atoms with van der Waals surface area (Å²) in [7, 11) is 1.33. The Morgan fingerprint density at radius 1 is 1.30 bits per heavy atom. The van der Waals surface area contributed by atoms with E-state index in [0.29, 0.717) is 22.0 Å². The van der Waals surface area contributed by atoms with Gasteiger partial charge >= 0.3 is 5.97 Å². The molecule has 0 bridgehead atoms. The van der Waals surface area contributed by atoms with Gasteiger partial charge in [-0.25, -0.2) is 4.98 Å². The summed E-state index contributed by atoms with van der Waals surface area (Å²) in [5, 5.41) is 9.41. The lowest BCUT2D eigenvalue weighted by molar-refractivity contribution is -0.137. The van der Waals surface area contributed by atoms with Gasteiger partial charge < -0.3 is 14.1 Å². The topological polar surface area (TPSA) is 111 Å². The number of fused-ring (bicyclic) bond motifs is 3. The van der Waals surface area contributed by atoms with Crippen molar-refractivity contribution in [3.8, 4) is 0 Å². The van der Waals surface area contributed by atoms with Gasteiger partial charge in [-0.1, -0.05) is 23.5 Å². The number of hydrogen-bond donors (Lipinski definition) is 1. The van der Waals surface area contributed by atoms with E-state index < -0.39 is 0 Å². The summed E-state index contributed by atoms with van der Waals surface area (Å²) >= 11 is 4.08. The van der Waals surface area contributed by atoms with Crippen molar-refractivity contribution in [3.05, 3.63) is 26.7 Å². The Hall–Kier alpha value is -1.85. The van der Waals surface area contributed by atoms with Gasteiger partial charge in [-0.15, -0.1) is 21.5 Å². The SMILES string of the molecule is COC(=O)CSc1nnc(CSc2nc3sc4c(c3c(=O)[nH]2)CCCC4)o1. The van der Waals surface area contributed by atoms with Crippen LogP contribution in [0.4, 0.5) is 0 Å².